The molecule has 3 rings (SSSR count). The Labute approximate surface area is 144 Å². The molecule has 2 nitrogen and oxygen atoms in total. The minimum Gasteiger partial charge on any atom is -0.297 e. The quantitative estimate of drug-likeness (QED) is 0.671. The first kappa shape index (κ1) is 17.7. The summed E-state index contributed by atoms with van der Waals surface area (Å²) in [7, 11) is 0. The van der Waals surface area contributed by atoms with Crippen LogP contribution in [0.1, 0.15) is 97.3 Å². The molecule has 0 aromatic heterocycles. The highest BCUT2D eigenvalue weighted by molar-refractivity contribution is 4.98. The summed E-state index contributed by atoms with van der Waals surface area (Å²) in [5.41, 5.74) is 0. The van der Waals surface area contributed by atoms with Gasteiger partial charge in [0.15, 0.2) is 0 Å². The van der Waals surface area contributed by atoms with Crippen LogP contribution in [0.5, 0.6) is 0 Å². The van der Waals surface area contributed by atoms with Crippen LogP contribution in [-0.4, -0.2) is 18.2 Å². The lowest BCUT2D eigenvalue weighted by molar-refractivity contribution is 0.189. The van der Waals surface area contributed by atoms with Crippen LogP contribution in [0.3, 0.4) is 0 Å². The van der Waals surface area contributed by atoms with Crippen molar-refractivity contribution in [3.8, 4) is 0 Å². The maximum absolute atomic E-state index is 3.95. The van der Waals surface area contributed by atoms with Crippen LogP contribution >= 0.6 is 0 Å². The molecule has 1 saturated heterocycles. The Kier molecular flexibility index (Phi) is 6.83. The lowest BCUT2D eigenvalue weighted by Gasteiger charge is -2.34. The van der Waals surface area contributed by atoms with E-state index in [1.807, 2.05) is 0 Å². The van der Waals surface area contributed by atoms with Crippen LogP contribution in [-0.2, 0) is 0 Å². The van der Waals surface area contributed by atoms with Crippen molar-refractivity contribution in [1.82, 2.24) is 10.6 Å². The van der Waals surface area contributed by atoms with Crippen LogP contribution < -0.4 is 10.6 Å². The van der Waals surface area contributed by atoms with Gasteiger partial charge in [-0.2, -0.15) is 0 Å². The highest BCUT2D eigenvalue weighted by Crippen LogP contribution is 2.37. The Balaban J connectivity index is 1.41. The van der Waals surface area contributed by atoms with Gasteiger partial charge in [0.1, 0.15) is 0 Å². The molecule has 1 aliphatic heterocycles. The first-order valence-electron chi connectivity index (χ1n) is 10.8. The van der Waals surface area contributed by atoms with Gasteiger partial charge in [0.25, 0.3) is 0 Å². The number of rotatable bonds is 7. The van der Waals surface area contributed by atoms with E-state index in [1.54, 1.807) is 0 Å². The predicted octanol–water partition coefficient (Wildman–Crippen LogP) is 5.23. The fourth-order valence-corrected chi connectivity index (χ4v) is 5.74. The molecule has 0 bridgehead atoms. The van der Waals surface area contributed by atoms with Gasteiger partial charge >= 0.3 is 0 Å². The first-order chi connectivity index (χ1) is 11.3. The lowest BCUT2D eigenvalue weighted by Crippen LogP contribution is -2.42. The minimum absolute atomic E-state index is 0.631. The third-order valence-corrected chi connectivity index (χ3v) is 6.98. The number of nitrogens with one attached hydrogen (secondary N) is 2. The van der Waals surface area contributed by atoms with Gasteiger partial charge in [0, 0.05) is 12.1 Å². The highest BCUT2D eigenvalue weighted by atomic mass is 15.2. The summed E-state index contributed by atoms with van der Waals surface area (Å²) >= 11 is 0. The van der Waals surface area contributed by atoms with Gasteiger partial charge in [-0.05, 0) is 49.9 Å². The smallest absolute Gasteiger partial charge is 0.0606 e. The van der Waals surface area contributed by atoms with Crippen molar-refractivity contribution in [2.24, 2.45) is 17.8 Å². The normalized spacial score (nSPS) is 38.0. The fourth-order valence-electron chi connectivity index (χ4n) is 5.74. The molecular weight excluding hydrogens is 280 g/mol. The van der Waals surface area contributed by atoms with E-state index in [-0.39, 0.29) is 0 Å². The van der Waals surface area contributed by atoms with E-state index >= 15 is 0 Å². The van der Waals surface area contributed by atoms with Gasteiger partial charge in [0.05, 0.1) is 6.17 Å². The van der Waals surface area contributed by atoms with E-state index in [0.717, 1.165) is 29.8 Å². The van der Waals surface area contributed by atoms with Crippen molar-refractivity contribution in [1.29, 1.82) is 0 Å². The van der Waals surface area contributed by atoms with Gasteiger partial charge in [-0.25, -0.2) is 0 Å². The van der Waals surface area contributed by atoms with Crippen molar-refractivity contribution in [2.45, 2.75) is 116 Å². The molecule has 0 aromatic carbocycles. The standard InChI is InChI=1S/C21H40N2/c1-3-7-16(8-4-2)15-17-11-13-18(14-12-17)21-22-19-9-5-6-10-20(19)23-21/h16-23H,3-15H2,1-2H3/t17?,18?,19-,20?,21?/m0/s1. The lowest BCUT2D eigenvalue weighted by atomic mass is 9.75. The highest BCUT2D eigenvalue weighted by Gasteiger charge is 2.39. The van der Waals surface area contributed by atoms with E-state index in [2.05, 4.69) is 24.5 Å². The van der Waals surface area contributed by atoms with Crippen LogP contribution in [0, 0.1) is 17.8 Å². The molecule has 2 heteroatoms. The largest absolute Gasteiger partial charge is 0.297 e. The molecule has 134 valence electrons. The molecule has 2 N–H and O–H groups in total. The van der Waals surface area contributed by atoms with E-state index in [1.165, 1.54) is 83.5 Å². The minimum atomic E-state index is 0.631. The zero-order chi connectivity index (χ0) is 16.1. The third-order valence-electron chi connectivity index (χ3n) is 6.98. The average Bonchev–Trinajstić information content (AvgIpc) is 3.00. The van der Waals surface area contributed by atoms with Crippen LogP contribution in [0.4, 0.5) is 0 Å². The topological polar surface area (TPSA) is 24.1 Å². The Hall–Kier alpha value is -0.0800. The third kappa shape index (κ3) is 4.72. The van der Waals surface area contributed by atoms with Crippen molar-refractivity contribution in [3.63, 3.8) is 0 Å². The second kappa shape index (κ2) is 8.85. The summed E-state index contributed by atoms with van der Waals surface area (Å²) in [4.78, 5) is 0. The Bertz CT molecular complexity index is 315. The molecule has 2 aliphatic carbocycles. The van der Waals surface area contributed by atoms with Gasteiger partial charge in [-0.1, -0.05) is 65.2 Å². The SMILES string of the molecule is CCCC(CCC)CC1CCC(C2NC3CCCC[C@@H]3N2)CC1. The summed E-state index contributed by atoms with van der Waals surface area (Å²) in [6.45, 7) is 4.72. The summed E-state index contributed by atoms with van der Waals surface area (Å²) in [6, 6.07) is 1.56. The summed E-state index contributed by atoms with van der Waals surface area (Å²) < 4.78 is 0. The number of fused-ring (bicyclic) bond motifs is 1. The molecule has 2 unspecified atom stereocenters. The molecule has 3 atom stereocenters. The molecule has 3 fully saturated rings. The maximum Gasteiger partial charge on any atom is 0.0606 e. The number of hydrogen-bond acceptors (Lipinski definition) is 2. The van der Waals surface area contributed by atoms with Crippen molar-refractivity contribution in [2.75, 3.05) is 0 Å². The van der Waals surface area contributed by atoms with E-state index < -0.39 is 0 Å². The number of hydrogen-bond donors (Lipinski definition) is 2. The van der Waals surface area contributed by atoms with Crippen molar-refractivity contribution < 1.29 is 0 Å². The second-order valence-corrected chi connectivity index (χ2v) is 8.77. The molecule has 23 heavy (non-hydrogen) atoms. The molecule has 0 radical (unpaired) electrons. The van der Waals surface area contributed by atoms with Crippen molar-refractivity contribution in [3.05, 3.63) is 0 Å². The summed E-state index contributed by atoms with van der Waals surface area (Å²) in [5, 5.41) is 7.90. The molecular formula is C21H40N2. The molecule has 1 heterocycles. The average molecular weight is 321 g/mol. The zero-order valence-electron chi connectivity index (χ0n) is 15.7. The van der Waals surface area contributed by atoms with Gasteiger partial charge in [-0.3, -0.25) is 10.6 Å². The zero-order valence-corrected chi connectivity index (χ0v) is 15.7. The van der Waals surface area contributed by atoms with Crippen LogP contribution in [0.15, 0.2) is 0 Å². The molecule has 0 aromatic rings. The van der Waals surface area contributed by atoms with Crippen LogP contribution in [0.25, 0.3) is 0 Å². The van der Waals surface area contributed by atoms with Gasteiger partial charge in [0.2, 0.25) is 0 Å². The Morgan fingerprint density at radius 3 is 1.87 bits per heavy atom. The Morgan fingerprint density at radius 2 is 1.35 bits per heavy atom. The monoisotopic (exact) mass is 320 g/mol. The first-order valence-corrected chi connectivity index (χ1v) is 10.8. The molecule has 0 amide bonds. The molecule has 2 saturated carbocycles. The maximum atomic E-state index is 3.95. The van der Waals surface area contributed by atoms with E-state index in [0.29, 0.717) is 6.17 Å². The summed E-state index contributed by atoms with van der Waals surface area (Å²) in [5.74, 6) is 2.93. The fraction of sp³-hybridized carbons (Fsp3) is 1.00. The molecule has 0 spiro atoms. The Morgan fingerprint density at radius 1 is 0.783 bits per heavy atom. The van der Waals surface area contributed by atoms with Crippen molar-refractivity contribution >= 4 is 0 Å². The van der Waals surface area contributed by atoms with Crippen LogP contribution in [0.2, 0.25) is 0 Å². The van der Waals surface area contributed by atoms with E-state index in [4.69, 9.17) is 0 Å². The van der Waals surface area contributed by atoms with Gasteiger partial charge < -0.3 is 0 Å². The predicted molar refractivity (Wildman–Crippen MR) is 99.5 cm³/mol. The molecule has 3 aliphatic rings. The van der Waals surface area contributed by atoms with E-state index in [9.17, 15) is 0 Å². The summed E-state index contributed by atoms with van der Waals surface area (Å²) in [6.07, 6.45) is 19.4. The van der Waals surface area contributed by atoms with Gasteiger partial charge in [-0.15, -0.1) is 0 Å². The second-order valence-electron chi connectivity index (χ2n) is 8.77.